The molecule has 1 aromatic carbocycles. The summed E-state index contributed by atoms with van der Waals surface area (Å²) < 4.78 is 27.5. The lowest BCUT2D eigenvalue weighted by Crippen LogP contribution is -2.19. The van der Waals surface area contributed by atoms with Gasteiger partial charge in [0.2, 0.25) is 0 Å². The van der Waals surface area contributed by atoms with Crippen LogP contribution in [0.2, 0.25) is 0 Å². The van der Waals surface area contributed by atoms with Crippen molar-refractivity contribution in [3.05, 3.63) is 23.8 Å². The summed E-state index contributed by atoms with van der Waals surface area (Å²) in [5.41, 5.74) is 1.40. The predicted octanol–water partition coefficient (Wildman–Crippen LogP) is 1.19. The molecule has 0 unspecified atom stereocenters. The summed E-state index contributed by atoms with van der Waals surface area (Å²) in [5, 5.41) is 11.9. The molecule has 1 aromatic rings. The van der Waals surface area contributed by atoms with Crippen molar-refractivity contribution in [2.45, 2.75) is 11.8 Å². The highest BCUT2D eigenvalue weighted by atomic mass is 32.2. The zero-order chi connectivity index (χ0) is 12.5. The largest absolute Gasteiger partial charge is 0.396 e. The Hall–Kier alpha value is -1.05. The van der Waals surface area contributed by atoms with Crippen LogP contribution < -0.4 is 5.32 Å². The highest BCUT2D eigenvalue weighted by molar-refractivity contribution is 8.14. The Morgan fingerprint density at radius 3 is 2.94 bits per heavy atom. The van der Waals surface area contributed by atoms with Gasteiger partial charge in [0.25, 0.3) is 10.0 Å². The summed E-state index contributed by atoms with van der Waals surface area (Å²) in [7, 11) is -3.62. The van der Waals surface area contributed by atoms with E-state index in [1.54, 1.807) is 12.1 Å². The molecule has 1 heterocycles. The molecular weight excluding hydrogens is 260 g/mol. The van der Waals surface area contributed by atoms with Gasteiger partial charge in [-0.05, 0) is 24.6 Å². The van der Waals surface area contributed by atoms with E-state index in [2.05, 4.69) is 9.71 Å². The first-order valence-corrected chi connectivity index (χ1v) is 7.42. The molecule has 5 nitrogen and oxygen atoms in total. The van der Waals surface area contributed by atoms with Crippen LogP contribution in [0.3, 0.4) is 0 Å². The maximum absolute atomic E-state index is 11.9. The number of aliphatic hydroxyl groups is 1. The number of benzene rings is 1. The average Bonchev–Trinajstić information content (AvgIpc) is 2.27. The quantitative estimate of drug-likeness (QED) is 0.845. The summed E-state index contributed by atoms with van der Waals surface area (Å²) in [4.78, 5) is 0.200. The number of aryl methyl sites for hydroxylation is 1. The van der Waals surface area contributed by atoms with E-state index in [0.717, 1.165) is 5.56 Å². The van der Waals surface area contributed by atoms with Crippen molar-refractivity contribution >= 4 is 32.6 Å². The van der Waals surface area contributed by atoms with Crippen molar-refractivity contribution in [2.24, 2.45) is 4.40 Å². The molecule has 1 aliphatic heterocycles. The van der Waals surface area contributed by atoms with Crippen LogP contribution in [0, 0.1) is 6.92 Å². The third-order valence-electron chi connectivity index (χ3n) is 2.19. The number of nitrogens with zero attached hydrogens (tertiary/aromatic N) is 1. The summed E-state index contributed by atoms with van der Waals surface area (Å²) in [6.07, 6.45) is 0. The molecule has 92 valence electrons. The first-order valence-electron chi connectivity index (χ1n) is 4.99. The lowest BCUT2D eigenvalue weighted by atomic mass is 10.2. The van der Waals surface area contributed by atoms with Crippen LogP contribution in [-0.4, -0.2) is 31.1 Å². The van der Waals surface area contributed by atoms with Crippen LogP contribution in [0.4, 0.5) is 5.69 Å². The van der Waals surface area contributed by atoms with Crippen LogP contribution in [0.5, 0.6) is 0 Å². The molecule has 7 heteroatoms. The monoisotopic (exact) mass is 272 g/mol. The molecule has 17 heavy (non-hydrogen) atoms. The molecular formula is C10H12N2O3S2. The van der Waals surface area contributed by atoms with Crippen LogP contribution >= 0.6 is 11.8 Å². The Bertz CT molecular complexity index is 567. The van der Waals surface area contributed by atoms with Crippen molar-refractivity contribution in [2.75, 3.05) is 17.7 Å². The zero-order valence-corrected chi connectivity index (χ0v) is 10.8. The fourth-order valence-electron chi connectivity index (χ4n) is 1.45. The SMILES string of the molecule is Cc1ccc2c(c1)S(=O)(=O)N=C(SCCO)N2. The van der Waals surface area contributed by atoms with Gasteiger partial charge in [-0.3, -0.25) is 0 Å². The van der Waals surface area contributed by atoms with Gasteiger partial charge in [-0.2, -0.15) is 8.42 Å². The Morgan fingerprint density at radius 1 is 1.47 bits per heavy atom. The second kappa shape index (κ2) is 4.67. The molecule has 0 spiro atoms. The van der Waals surface area contributed by atoms with E-state index >= 15 is 0 Å². The number of thioether (sulfide) groups is 1. The molecule has 0 fully saturated rings. The number of hydrogen-bond acceptors (Lipinski definition) is 5. The molecule has 0 aliphatic carbocycles. The van der Waals surface area contributed by atoms with E-state index in [1.807, 2.05) is 13.0 Å². The smallest absolute Gasteiger partial charge is 0.286 e. The van der Waals surface area contributed by atoms with E-state index < -0.39 is 10.0 Å². The lowest BCUT2D eigenvalue weighted by molar-refractivity contribution is 0.323. The van der Waals surface area contributed by atoms with Gasteiger partial charge in [0.15, 0.2) is 5.17 Å². The van der Waals surface area contributed by atoms with E-state index in [-0.39, 0.29) is 11.5 Å². The zero-order valence-electron chi connectivity index (χ0n) is 9.17. The fourth-order valence-corrected chi connectivity index (χ4v) is 3.51. The van der Waals surface area contributed by atoms with Gasteiger partial charge >= 0.3 is 0 Å². The van der Waals surface area contributed by atoms with Crippen molar-refractivity contribution in [1.82, 2.24) is 0 Å². The lowest BCUT2D eigenvalue weighted by Gasteiger charge is -2.17. The Labute approximate surface area is 104 Å². The maximum atomic E-state index is 11.9. The van der Waals surface area contributed by atoms with Crippen molar-refractivity contribution in [3.63, 3.8) is 0 Å². The Balaban J connectivity index is 2.40. The van der Waals surface area contributed by atoms with Gasteiger partial charge in [-0.1, -0.05) is 17.8 Å². The second-order valence-electron chi connectivity index (χ2n) is 3.57. The number of anilines is 1. The average molecular weight is 272 g/mol. The number of hydrogen-bond donors (Lipinski definition) is 2. The number of fused-ring (bicyclic) bond motifs is 1. The van der Waals surface area contributed by atoms with Gasteiger partial charge < -0.3 is 10.4 Å². The molecule has 0 bridgehead atoms. The highest BCUT2D eigenvalue weighted by Gasteiger charge is 2.24. The second-order valence-corrected chi connectivity index (χ2v) is 6.22. The number of nitrogens with one attached hydrogen (secondary N) is 1. The third kappa shape index (κ3) is 2.62. The standard InChI is InChI=1S/C10H12N2O3S2/c1-7-2-3-8-9(6-7)17(14,15)12-10(11-8)16-5-4-13/h2-3,6,13H,4-5H2,1H3,(H,11,12). The number of amidine groups is 1. The summed E-state index contributed by atoms with van der Waals surface area (Å²) in [6, 6.07) is 5.14. The van der Waals surface area contributed by atoms with E-state index in [9.17, 15) is 8.42 Å². The maximum Gasteiger partial charge on any atom is 0.286 e. The normalized spacial score (nSPS) is 16.9. The number of aliphatic hydroxyl groups excluding tert-OH is 1. The first kappa shape index (κ1) is 12.4. The summed E-state index contributed by atoms with van der Waals surface area (Å²) in [6.45, 7) is 1.81. The summed E-state index contributed by atoms with van der Waals surface area (Å²) >= 11 is 1.18. The van der Waals surface area contributed by atoms with Crippen LogP contribution in [-0.2, 0) is 10.0 Å². The van der Waals surface area contributed by atoms with E-state index in [4.69, 9.17) is 5.11 Å². The van der Waals surface area contributed by atoms with Gasteiger partial charge in [0.1, 0.15) is 4.90 Å². The van der Waals surface area contributed by atoms with Crippen LogP contribution in [0.15, 0.2) is 27.5 Å². The minimum atomic E-state index is -3.62. The summed E-state index contributed by atoms with van der Waals surface area (Å²) in [5.74, 6) is 0.405. The Kier molecular flexibility index (Phi) is 3.41. The van der Waals surface area contributed by atoms with Crippen molar-refractivity contribution in [1.29, 1.82) is 0 Å². The fraction of sp³-hybridized carbons (Fsp3) is 0.300. The predicted molar refractivity (Wildman–Crippen MR) is 69.0 cm³/mol. The van der Waals surface area contributed by atoms with E-state index in [1.165, 1.54) is 11.8 Å². The Morgan fingerprint density at radius 2 is 2.24 bits per heavy atom. The molecule has 2 rings (SSSR count). The van der Waals surface area contributed by atoms with Gasteiger partial charge in [0, 0.05) is 5.75 Å². The molecule has 0 atom stereocenters. The number of rotatable bonds is 2. The minimum Gasteiger partial charge on any atom is -0.396 e. The van der Waals surface area contributed by atoms with Gasteiger partial charge in [-0.25, -0.2) is 0 Å². The molecule has 0 radical (unpaired) electrons. The molecule has 1 aliphatic rings. The highest BCUT2D eigenvalue weighted by Crippen LogP contribution is 2.29. The molecule has 0 saturated heterocycles. The topological polar surface area (TPSA) is 78.8 Å². The van der Waals surface area contributed by atoms with E-state index in [0.29, 0.717) is 16.6 Å². The van der Waals surface area contributed by atoms with Crippen LogP contribution in [0.25, 0.3) is 0 Å². The number of sulfonamides is 1. The van der Waals surface area contributed by atoms with Gasteiger partial charge in [-0.15, -0.1) is 4.40 Å². The van der Waals surface area contributed by atoms with Crippen molar-refractivity contribution in [3.8, 4) is 0 Å². The molecule has 2 N–H and O–H groups in total. The van der Waals surface area contributed by atoms with Crippen molar-refractivity contribution < 1.29 is 13.5 Å². The molecule has 0 amide bonds. The van der Waals surface area contributed by atoms with Gasteiger partial charge in [0.05, 0.1) is 12.3 Å². The first-order chi connectivity index (χ1) is 8.03. The molecule has 0 saturated carbocycles. The third-order valence-corrected chi connectivity index (χ3v) is 4.48. The van der Waals surface area contributed by atoms with Crippen LogP contribution in [0.1, 0.15) is 5.56 Å². The minimum absolute atomic E-state index is 0.0217. The molecule has 0 aromatic heterocycles.